The van der Waals surface area contributed by atoms with Gasteiger partial charge in [0.25, 0.3) is 0 Å². The van der Waals surface area contributed by atoms with E-state index in [1.165, 1.54) is 51.7 Å². The molecule has 0 aromatic rings. The Labute approximate surface area is 113 Å². The Morgan fingerprint density at radius 3 is 2.39 bits per heavy atom. The third-order valence-corrected chi connectivity index (χ3v) is 4.90. The van der Waals surface area contributed by atoms with Crippen LogP contribution in [-0.4, -0.2) is 61.2 Å². The van der Waals surface area contributed by atoms with Crippen molar-refractivity contribution in [2.45, 2.75) is 64.1 Å². The number of nitrogens with zero attached hydrogens (tertiary/aromatic N) is 2. The zero-order valence-corrected chi connectivity index (χ0v) is 12.5. The maximum absolute atomic E-state index is 3.67. The number of hydrogen-bond acceptors (Lipinski definition) is 3. The van der Waals surface area contributed by atoms with Crippen molar-refractivity contribution in [3.8, 4) is 0 Å². The summed E-state index contributed by atoms with van der Waals surface area (Å²) in [6, 6.07) is 2.49. The molecule has 106 valence electrons. The van der Waals surface area contributed by atoms with E-state index in [-0.39, 0.29) is 0 Å². The lowest BCUT2D eigenvalue weighted by molar-refractivity contribution is 0.0196. The predicted octanol–water partition coefficient (Wildman–Crippen LogP) is 1.93. The molecule has 3 nitrogen and oxygen atoms in total. The molecule has 2 rings (SSSR count). The normalized spacial score (nSPS) is 33.0. The highest BCUT2D eigenvalue weighted by molar-refractivity contribution is 4.95. The van der Waals surface area contributed by atoms with E-state index < -0.39 is 0 Å². The Balaban J connectivity index is 1.87. The van der Waals surface area contributed by atoms with Gasteiger partial charge < -0.3 is 10.2 Å². The molecule has 2 heterocycles. The smallest absolute Gasteiger partial charge is 0.0115 e. The van der Waals surface area contributed by atoms with Crippen LogP contribution in [0.3, 0.4) is 0 Å². The maximum atomic E-state index is 3.67. The zero-order chi connectivity index (χ0) is 13.0. The van der Waals surface area contributed by atoms with Crippen LogP contribution in [0.2, 0.25) is 0 Å². The molecule has 0 amide bonds. The molecule has 2 atom stereocenters. The summed E-state index contributed by atoms with van der Waals surface area (Å²) in [6.45, 7) is 9.29. The topological polar surface area (TPSA) is 18.5 Å². The lowest BCUT2D eigenvalue weighted by Crippen LogP contribution is -2.57. The quantitative estimate of drug-likeness (QED) is 0.780. The Hall–Kier alpha value is -0.120. The monoisotopic (exact) mass is 253 g/mol. The highest BCUT2D eigenvalue weighted by Crippen LogP contribution is 2.33. The summed E-state index contributed by atoms with van der Waals surface area (Å²) in [5, 5.41) is 3.67. The highest BCUT2D eigenvalue weighted by atomic mass is 15.2. The summed E-state index contributed by atoms with van der Waals surface area (Å²) in [7, 11) is 2.24. The summed E-state index contributed by atoms with van der Waals surface area (Å²) >= 11 is 0. The van der Waals surface area contributed by atoms with Gasteiger partial charge >= 0.3 is 0 Å². The van der Waals surface area contributed by atoms with E-state index in [1.807, 2.05) is 0 Å². The van der Waals surface area contributed by atoms with Crippen molar-refractivity contribution in [2.24, 2.45) is 0 Å². The molecule has 3 heteroatoms. The lowest BCUT2D eigenvalue weighted by Gasteiger charge is -2.49. The summed E-state index contributed by atoms with van der Waals surface area (Å²) in [5.74, 6) is 0. The van der Waals surface area contributed by atoms with Crippen LogP contribution in [0.15, 0.2) is 0 Å². The molecule has 0 radical (unpaired) electrons. The molecule has 2 aliphatic heterocycles. The van der Waals surface area contributed by atoms with Crippen LogP contribution in [0.4, 0.5) is 0 Å². The van der Waals surface area contributed by atoms with E-state index in [4.69, 9.17) is 0 Å². The first-order chi connectivity index (χ1) is 8.74. The van der Waals surface area contributed by atoms with Gasteiger partial charge in [-0.1, -0.05) is 20.3 Å². The van der Waals surface area contributed by atoms with Crippen molar-refractivity contribution in [1.82, 2.24) is 15.1 Å². The Morgan fingerprint density at radius 2 is 1.83 bits per heavy atom. The third-order valence-electron chi connectivity index (χ3n) is 4.90. The largest absolute Gasteiger partial charge is 0.314 e. The maximum Gasteiger partial charge on any atom is 0.0115 e. The van der Waals surface area contributed by atoms with Gasteiger partial charge in [0.15, 0.2) is 0 Å². The molecule has 0 saturated carbocycles. The van der Waals surface area contributed by atoms with Gasteiger partial charge in [0.1, 0.15) is 0 Å². The number of hydrogen-bond donors (Lipinski definition) is 1. The van der Waals surface area contributed by atoms with Crippen molar-refractivity contribution in [3.63, 3.8) is 0 Å². The lowest BCUT2D eigenvalue weighted by atomic mass is 9.81. The first-order valence-corrected chi connectivity index (χ1v) is 7.92. The second-order valence-corrected chi connectivity index (χ2v) is 6.10. The SMILES string of the molecule is CCNC1CC2CCCC(C1)N2CCN(C)CC. The Kier molecular flexibility index (Phi) is 5.46. The fourth-order valence-corrected chi connectivity index (χ4v) is 3.74. The zero-order valence-electron chi connectivity index (χ0n) is 12.5. The van der Waals surface area contributed by atoms with E-state index in [0.717, 1.165) is 24.7 Å². The summed E-state index contributed by atoms with van der Waals surface area (Å²) in [6.07, 6.45) is 7.05. The van der Waals surface area contributed by atoms with Gasteiger partial charge in [-0.15, -0.1) is 0 Å². The minimum absolute atomic E-state index is 0.783. The van der Waals surface area contributed by atoms with Gasteiger partial charge in [0, 0.05) is 31.2 Å². The van der Waals surface area contributed by atoms with Gasteiger partial charge in [-0.05, 0) is 45.8 Å². The molecular weight excluding hydrogens is 222 g/mol. The van der Waals surface area contributed by atoms with Gasteiger partial charge in [-0.2, -0.15) is 0 Å². The first-order valence-electron chi connectivity index (χ1n) is 7.92. The highest BCUT2D eigenvalue weighted by Gasteiger charge is 2.37. The Morgan fingerprint density at radius 1 is 1.17 bits per heavy atom. The van der Waals surface area contributed by atoms with Crippen molar-refractivity contribution in [3.05, 3.63) is 0 Å². The average molecular weight is 253 g/mol. The van der Waals surface area contributed by atoms with Crippen molar-refractivity contribution >= 4 is 0 Å². The van der Waals surface area contributed by atoms with E-state index >= 15 is 0 Å². The van der Waals surface area contributed by atoms with Crippen molar-refractivity contribution in [1.29, 1.82) is 0 Å². The molecule has 2 fully saturated rings. The minimum atomic E-state index is 0.783. The molecule has 0 spiro atoms. The minimum Gasteiger partial charge on any atom is -0.314 e. The Bertz CT molecular complexity index is 230. The summed E-state index contributed by atoms with van der Waals surface area (Å²) in [5.41, 5.74) is 0. The van der Waals surface area contributed by atoms with Crippen LogP contribution in [0.5, 0.6) is 0 Å². The van der Waals surface area contributed by atoms with Crippen LogP contribution in [-0.2, 0) is 0 Å². The molecule has 0 aromatic carbocycles. The van der Waals surface area contributed by atoms with E-state index in [2.05, 4.69) is 36.0 Å². The third kappa shape index (κ3) is 3.46. The molecule has 0 aromatic heterocycles. The molecule has 18 heavy (non-hydrogen) atoms. The molecule has 2 saturated heterocycles. The van der Waals surface area contributed by atoms with E-state index in [9.17, 15) is 0 Å². The molecule has 2 aliphatic rings. The second kappa shape index (κ2) is 6.88. The average Bonchev–Trinajstić information content (AvgIpc) is 2.36. The van der Waals surface area contributed by atoms with Crippen molar-refractivity contribution < 1.29 is 0 Å². The number of piperidine rings is 2. The molecule has 2 bridgehead atoms. The molecular formula is C15H31N3. The fraction of sp³-hybridized carbons (Fsp3) is 1.00. The van der Waals surface area contributed by atoms with Gasteiger partial charge in [-0.25, -0.2) is 0 Å². The van der Waals surface area contributed by atoms with Crippen LogP contribution < -0.4 is 5.32 Å². The van der Waals surface area contributed by atoms with Crippen molar-refractivity contribution in [2.75, 3.05) is 33.2 Å². The van der Waals surface area contributed by atoms with Crippen LogP contribution in [0.1, 0.15) is 46.0 Å². The van der Waals surface area contributed by atoms with Gasteiger partial charge in [-0.3, -0.25) is 4.90 Å². The number of rotatable bonds is 6. The number of nitrogens with one attached hydrogen (secondary N) is 1. The van der Waals surface area contributed by atoms with E-state index in [0.29, 0.717) is 0 Å². The number of fused-ring (bicyclic) bond motifs is 2. The number of likely N-dealkylation sites (N-methyl/N-ethyl adjacent to an activating group) is 1. The van der Waals surface area contributed by atoms with Crippen LogP contribution >= 0.6 is 0 Å². The standard InChI is InChI=1S/C15H31N3/c1-4-16-13-11-14-7-6-8-15(12-13)18(14)10-9-17(3)5-2/h13-16H,4-12H2,1-3H3. The second-order valence-electron chi connectivity index (χ2n) is 6.10. The summed E-state index contributed by atoms with van der Waals surface area (Å²) < 4.78 is 0. The summed E-state index contributed by atoms with van der Waals surface area (Å²) in [4.78, 5) is 5.26. The molecule has 0 aliphatic carbocycles. The first kappa shape index (κ1) is 14.3. The van der Waals surface area contributed by atoms with Gasteiger partial charge in [0.2, 0.25) is 0 Å². The fourth-order valence-electron chi connectivity index (χ4n) is 3.74. The van der Waals surface area contributed by atoms with Gasteiger partial charge in [0.05, 0.1) is 0 Å². The van der Waals surface area contributed by atoms with Crippen LogP contribution in [0, 0.1) is 0 Å². The molecule has 2 unspecified atom stereocenters. The predicted molar refractivity (Wildman–Crippen MR) is 78.0 cm³/mol. The van der Waals surface area contributed by atoms with Crippen LogP contribution in [0.25, 0.3) is 0 Å². The molecule has 1 N–H and O–H groups in total. The van der Waals surface area contributed by atoms with E-state index in [1.54, 1.807) is 0 Å².